The fraction of sp³-hybridized carbons (Fsp3) is 0.176. The maximum Gasteiger partial charge on any atom is 0.344 e. The van der Waals surface area contributed by atoms with E-state index in [0.29, 0.717) is 36.4 Å². The van der Waals surface area contributed by atoms with Gasteiger partial charge in [-0.15, -0.1) is 0 Å². The maximum absolute atomic E-state index is 13.9. The van der Waals surface area contributed by atoms with E-state index in [1.807, 2.05) is 0 Å². The van der Waals surface area contributed by atoms with Gasteiger partial charge >= 0.3 is 23.9 Å². The van der Waals surface area contributed by atoms with Gasteiger partial charge in [0.25, 0.3) is 0 Å². The zero-order valence-electron chi connectivity index (χ0n) is 27.5. The lowest BCUT2D eigenvalue weighted by molar-refractivity contribution is -0.284. The number of hydrogen-bond acceptors (Lipinski definition) is 22. The van der Waals surface area contributed by atoms with E-state index >= 15 is 0 Å². The third-order valence-electron chi connectivity index (χ3n) is 8.47. The second-order valence-electron chi connectivity index (χ2n) is 12.0. The average molecular weight is 787 g/mol. The van der Waals surface area contributed by atoms with Crippen molar-refractivity contribution in [1.29, 1.82) is 0 Å². The number of rotatable bonds is 4. The van der Waals surface area contributed by atoms with Gasteiger partial charge in [-0.3, -0.25) is 0 Å². The third-order valence-corrected chi connectivity index (χ3v) is 8.47. The van der Waals surface area contributed by atoms with Crippen LogP contribution < -0.4 is 4.74 Å². The molecule has 0 spiro atoms. The predicted octanol–water partition coefficient (Wildman–Crippen LogP) is 0.334. The minimum absolute atomic E-state index is 0.423. The van der Waals surface area contributed by atoms with Crippen molar-refractivity contribution < 1.29 is 109 Å². The molecule has 0 saturated carbocycles. The fourth-order valence-electron chi connectivity index (χ4n) is 5.68. The maximum atomic E-state index is 13.9. The monoisotopic (exact) mass is 786 g/mol. The Hall–Kier alpha value is -7.56. The lowest BCUT2D eigenvalue weighted by Crippen LogP contribution is -2.61. The number of ether oxygens (including phenoxy) is 5. The summed E-state index contributed by atoms with van der Waals surface area (Å²) in [5.74, 6) is -20.1. The van der Waals surface area contributed by atoms with Crippen LogP contribution in [0.3, 0.4) is 0 Å². The molecule has 4 aromatic rings. The van der Waals surface area contributed by atoms with E-state index in [2.05, 4.69) is 0 Å². The molecule has 1 saturated heterocycles. The number of aromatic hydroxyl groups is 11. The first-order valence-electron chi connectivity index (χ1n) is 15.5. The molecule has 0 aliphatic carbocycles. The van der Waals surface area contributed by atoms with E-state index in [0.717, 1.165) is 0 Å². The molecule has 5 atom stereocenters. The summed E-state index contributed by atoms with van der Waals surface area (Å²) in [5.41, 5.74) is -5.43. The number of fused-ring (bicyclic) bond motifs is 5. The van der Waals surface area contributed by atoms with Crippen LogP contribution in [0, 0.1) is 0 Å². The molecule has 294 valence electrons. The van der Waals surface area contributed by atoms with Crippen LogP contribution in [0.4, 0.5) is 0 Å². The normalized spacial score (nSPS) is 20.6. The summed E-state index contributed by atoms with van der Waals surface area (Å²) in [7, 11) is 0. The Morgan fingerprint density at radius 3 is 1.62 bits per heavy atom. The van der Waals surface area contributed by atoms with Gasteiger partial charge in [0.2, 0.25) is 17.8 Å². The lowest BCUT2D eigenvalue weighted by atomic mass is 9.91. The van der Waals surface area contributed by atoms with Crippen molar-refractivity contribution in [1.82, 2.24) is 0 Å². The van der Waals surface area contributed by atoms with Crippen molar-refractivity contribution in [3.8, 4) is 80.1 Å². The van der Waals surface area contributed by atoms with Crippen LogP contribution in [0.5, 0.6) is 69.0 Å². The number of aliphatic hydroxyl groups excluding tert-OH is 2. The van der Waals surface area contributed by atoms with Gasteiger partial charge in [0, 0.05) is 11.1 Å². The Kier molecular flexibility index (Phi) is 9.55. The number of phenols is 11. The molecule has 22 heteroatoms. The highest BCUT2D eigenvalue weighted by Crippen LogP contribution is 2.53. The average Bonchev–Trinajstić information content (AvgIpc) is 3.14. The Morgan fingerprint density at radius 2 is 1.05 bits per heavy atom. The summed E-state index contributed by atoms with van der Waals surface area (Å²) in [5, 5.41) is 135. The Balaban J connectivity index is 1.47. The van der Waals surface area contributed by atoms with Gasteiger partial charge < -0.3 is 90.1 Å². The van der Waals surface area contributed by atoms with Crippen LogP contribution in [-0.2, 0) is 18.9 Å². The SMILES string of the molecule is O=C(Oc1c(O)cc2c(c1O)-c1c(cc(O)c(O)c1O)C(=O)OC[C@H]1O[C@@H](OC(=O)c3cc(O)c(O)c(O)c3)[C@H](O)[C@@H](OC2=O)[C@@H]1O)c1cc(O)c(O)c(O)c1. The molecular weight excluding hydrogens is 760 g/mol. The highest BCUT2D eigenvalue weighted by Gasteiger charge is 2.50. The molecule has 2 aliphatic rings. The van der Waals surface area contributed by atoms with Crippen molar-refractivity contribution in [2.75, 3.05) is 6.61 Å². The van der Waals surface area contributed by atoms with Gasteiger partial charge in [0.1, 0.15) is 18.8 Å². The first-order valence-corrected chi connectivity index (χ1v) is 15.5. The quantitative estimate of drug-likeness (QED) is 0.0573. The molecule has 0 unspecified atom stereocenters. The standard InChI is InChI=1S/C34H26O22/c35-12-1-8(2-13(36)21(12)41)30(48)54-28-17(40)6-11-20(26(28)46)19-10(5-16(39)23(43)25(19)45)32(50)52-7-18-24(44)29(55-33(11)51)27(47)34(53-18)56-31(49)9-3-14(37)22(42)15(38)4-9/h1-6,18,24,27,29,34-47H,7H2/t18-,24-,27-,29+,34+/m1/s1. The smallest absolute Gasteiger partial charge is 0.344 e. The number of carbonyl (C=O) groups is 4. The van der Waals surface area contributed by atoms with Crippen LogP contribution >= 0.6 is 0 Å². The van der Waals surface area contributed by atoms with Crippen molar-refractivity contribution in [3.05, 3.63) is 58.7 Å². The lowest BCUT2D eigenvalue weighted by Gasteiger charge is -2.41. The minimum atomic E-state index is -2.32. The molecule has 22 nitrogen and oxygen atoms in total. The molecule has 2 bridgehead atoms. The van der Waals surface area contributed by atoms with E-state index in [-0.39, 0.29) is 0 Å². The third kappa shape index (κ3) is 6.50. The number of benzene rings is 4. The summed E-state index contributed by atoms with van der Waals surface area (Å²) < 4.78 is 26.1. The van der Waals surface area contributed by atoms with Crippen LogP contribution in [0.1, 0.15) is 41.4 Å². The highest BCUT2D eigenvalue weighted by molar-refractivity contribution is 6.09. The van der Waals surface area contributed by atoms with Gasteiger partial charge in [0.15, 0.2) is 69.7 Å². The van der Waals surface area contributed by atoms with Gasteiger partial charge in [0.05, 0.1) is 22.3 Å². The summed E-state index contributed by atoms with van der Waals surface area (Å²) in [6.45, 7) is -1.04. The van der Waals surface area contributed by atoms with Gasteiger partial charge in [-0.25, -0.2) is 19.2 Å². The highest BCUT2D eigenvalue weighted by atomic mass is 16.7. The molecule has 0 amide bonds. The van der Waals surface area contributed by atoms with E-state index in [4.69, 9.17) is 23.7 Å². The molecule has 0 radical (unpaired) electrons. The summed E-state index contributed by atoms with van der Waals surface area (Å²) >= 11 is 0. The van der Waals surface area contributed by atoms with Gasteiger partial charge in [-0.05, 0) is 36.4 Å². The van der Waals surface area contributed by atoms with Gasteiger partial charge in [-0.1, -0.05) is 0 Å². The van der Waals surface area contributed by atoms with E-state index in [9.17, 15) is 85.6 Å². The molecule has 56 heavy (non-hydrogen) atoms. The minimum Gasteiger partial charge on any atom is -0.504 e. The molecule has 4 aromatic carbocycles. The molecule has 2 heterocycles. The molecule has 6 rings (SSSR count). The summed E-state index contributed by atoms with van der Waals surface area (Å²) in [6.07, 6.45) is -10.7. The van der Waals surface area contributed by atoms with Crippen LogP contribution in [0.25, 0.3) is 11.1 Å². The second kappa shape index (κ2) is 14.0. The predicted molar refractivity (Wildman–Crippen MR) is 174 cm³/mol. The number of hydrogen-bond donors (Lipinski definition) is 13. The van der Waals surface area contributed by atoms with Crippen molar-refractivity contribution >= 4 is 23.9 Å². The van der Waals surface area contributed by atoms with Crippen molar-refractivity contribution in [3.63, 3.8) is 0 Å². The second-order valence-corrected chi connectivity index (χ2v) is 12.0. The van der Waals surface area contributed by atoms with E-state index in [1.165, 1.54) is 0 Å². The number of cyclic esters (lactones) is 1. The van der Waals surface area contributed by atoms with Gasteiger partial charge in [-0.2, -0.15) is 0 Å². The first kappa shape index (κ1) is 38.2. The molecule has 13 N–H and O–H groups in total. The Labute approximate surface area is 309 Å². The Morgan fingerprint density at radius 1 is 0.571 bits per heavy atom. The van der Waals surface area contributed by atoms with Crippen LogP contribution in [0.15, 0.2) is 36.4 Å². The largest absolute Gasteiger partial charge is 0.504 e. The zero-order chi connectivity index (χ0) is 41.1. The van der Waals surface area contributed by atoms with Crippen LogP contribution in [-0.4, -0.2) is 128 Å². The number of carbonyl (C=O) groups excluding carboxylic acids is 4. The van der Waals surface area contributed by atoms with Crippen LogP contribution in [0.2, 0.25) is 0 Å². The molecule has 2 aliphatic heterocycles. The van der Waals surface area contributed by atoms with E-state index in [1.54, 1.807) is 0 Å². The molecular formula is C34H26O22. The van der Waals surface area contributed by atoms with Crippen molar-refractivity contribution in [2.24, 2.45) is 0 Å². The Bertz CT molecular complexity index is 2290. The van der Waals surface area contributed by atoms with Crippen molar-refractivity contribution in [2.45, 2.75) is 30.7 Å². The fourth-order valence-corrected chi connectivity index (χ4v) is 5.68. The molecule has 0 aromatic heterocycles. The summed E-state index contributed by atoms with van der Waals surface area (Å²) in [6, 6.07) is 3.44. The number of aliphatic hydroxyl groups is 2. The van der Waals surface area contributed by atoms with E-state index < -0.39 is 164 Å². The summed E-state index contributed by atoms with van der Waals surface area (Å²) in [4.78, 5) is 53.4. The zero-order valence-corrected chi connectivity index (χ0v) is 27.5. The topological polar surface area (TPSA) is 377 Å². The number of phenolic OH excluding ortho intramolecular Hbond substituents is 11. The first-order chi connectivity index (χ1) is 26.3. The number of esters is 4. The molecule has 1 fully saturated rings.